The number of nitrogens with one attached hydrogen (secondary N) is 2. The number of allylic oxidation sites excluding steroid dienone is 1. The molecule has 5 aliphatic rings. The fourth-order valence-electron chi connectivity index (χ4n) is 8.32. The minimum Gasteiger partial charge on any atom is -0.465 e. The number of fused-ring (bicyclic) bond motifs is 4. The van der Waals surface area contributed by atoms with Gasteiger partial charge >= 0.3 is 5.97 Å². The minimum absolute atomic E-state index is 0.134. The molecule has 1 aromatic carbocycles. The Bertz CT molecular complexity index is 2080. The van der Waals surface area contributed by atoms with Crippen LogP contribution in [0.5, 0.6) is 0 Å². The second kappa shape index (κ2) is 16.1. The number of halogens is 1. The molecule has 7 rings (SSSR count). The third-order valence-electron chi connectivity index (χ3n) is 11.8. The molecule has 2 saturated carbocycles. The highest BCUT2D eigenvalue weighted by Gasteiger charge is 2.63. The maximum atomic E-state index is 14.7. The normalized spacial score (nSPS) is 28.6. The van der Waals surface area contributed by atoms with Gasteiger partial charge in [0.15, 0.2) is 0 Å². The highest BCUT2D eigenvalue weighted by atomic mass is 35.5. The van der Waals surface area contributed by atoms with Crippen molar-refractivity contribution in [1.82, 2.24) is 24.8 Å². The zero-order valence-electron chi connectivity index (χ0n) is 32.9. The first-order valence-electron chi connectivity index (χ1n) is 20.0. The molecular weight excluding hydrogens is 790 g/mol. The molecule has 4 heterocycles. The van der Waals surface area contributed by atoms with E-state index in [4.69, 9.17) is 16.3 Å². The molecule has 308 valence electrons. The highest BCUT2D eigenvalue weighted by molar-refractivity contribution is 7.91. The Morgan fingerprint density at radius 2 is 1.86 bits per heavy atom. The summed E-state index contributed by atoms with van der Waals surface area (Å²) in [6.45, 7) is 8.57. The molecule has 6 atom stereocenters. The molecule has 2 aliphatic carbocycles. The fourth-order valence-corrected chi connectivity index (χ4v) is 10.7. The largest absolute Gasteiger partial charge is 0.465 e. The topological polar surface area (TPSA) is 172 Å². The first-order valence-corrected chi connectivity index (χ1v) is 22.8. The quantitative estimate of drug-likeness (QED) is 0.266. The molecule has 0 bridgehead atoms. The molecular formula is C41H52ClN5O8S2. The third-order valence-corrected chi connectivity index (χ3v) is 14.9. The van der Waals surface area contributed by atoms with Crippen LogP contribution in [0.2, 0.25) is 5.02 Å². The number of esters is 1. The molecule has 0 spiro atoms. The van der Waals surface area contributed by atoms with Crippen LogP contribution < -0.4 is 10.0 Å². The van der Waals surface area contributed by atoms with Crippen molar-refractivity contribution in [2.24, 2.45) is 29.1 Å². The zero-order chi connectivity index (χ0) is 40.9. The van der Waals surface area contributed by atoms with E-state index in [2.05, 4.69) is 15.0 Å². The van der Waals surface area contributed by atoms with E-state index in [9.17, 15) is 32.4 Å². The number of aryl methyl sites for hydroxylation is 1. The zero-order valence-corrected chi connectivity index (χ0v) is 35.3. The number of amides is 4. The molecule has 2 aromatic rings. The molecule has 4 fully saturated rings. The van der Waals surface area contributed by atoms with Gasteiger partial charge in [-0.15, -0.1) is 11.3 Å². The summed E-state index contributed by atoms with van der Waals surface area (Å²) in [6, 6.07) is 4.54. The predicted octanol–water partition coefficient (Wildman–Crippen LogP) is 5.27. The van der Waals surface area contributed by atoms with Crippen molar-refractivity contribution < 1.29 is 37.1 Å². The fraction of sp³-hybridized carbons (Fsp3) is 0.610. The van der Waals surface area contributed by atoms with Crippen LogP contribution in [-0.2, 0) is 33.9 Å². The van der Waals surface area contributed by atoms with Crippen LogP contribution in [0.25, 0.3) is 10.6 Å². The number of likely N-dealkylation sites (tertiary alicyclic amines) is 1. The summed E-state index contributed by atoms with van der Waals surface area (Å²) >= 11 is 7.69. The Morgan fingerprint density at radius 1 is 1.09 bits per heavy atom. The van der Waals surface area contributed by atoms with Crippen molar-refractivity contribution in [3.05, 3.63) is 52.0 Å². The van der Waals surface area contributed by atoms with E-state index in [0.717, 1.165) is 24.0 Å². The lowest BCUT2D eigenvalue weighted by atomic mass is 9.92. The van der Waals surface area contributed by atoms with Gasteiger partial charge in [0.2, 0.25) is 21.8 Å². The molecule has 3 aliphatic heterocycles. The van der Waals surface area contributed by atoms with Gasteiger partial charge in [-0.2, -0.15) is 0 Å². The number of hydrogen-bond donors (Lipinski definition) is 2. The molecule has 0 unspecified atom stereocenters. The van der Waals surface area contributed by atoms with E-state index < -0.39 is 62.4 Å². The lowest BCUT2D eigenvalue weighted by molar-refractivity contribution is -0.152. The van der Waals surface area contributed by atoms with Crippen LogP contribution >= 0.6 is 22.9 Å². The van der Waals surface area contributed by atoms with Gasteiger partial charge in [-0.25, -0.2) is 13.4 Å². The lowest BCUT2D eigenvalue weighted by Gasteiger charge is -2.32. The van der Waals surface area contributed by atoms with Gasteiger partial charge in [-0.1, -0.05) is 69.5 Å². The number of carbonyl (C=O) groups excluding carboxylic acids is 5. The Labute approximate surface area is 343 Å². The first-order chi connectivity index (χ1) is 27.0. The van der Waals surface area contributed by atoms with Crippen molar-refractivity contribution in [2.45, 2.75) is 102 Å². The number of rotatable bonds is 8. The van der Waals surface area contributed by atoms with E-state index in [0.29, 0.717) is 42.1 Å². The number of nitrogens with zero attached hydrogens (tertiary/aromatic N) is 3. The molecule has 1 aromatic heterocycles. The lowest BCUT2D eigenvalue weighted by Crippen LogP contribution is -2.58. The number of benzene rings is 1. The van der Waals surface area contributed by atoms with Gasteiger partial charge in [-0.05, 0) is 62.5 Å². The highest BCUT2D eigenvalue weighted by Crippen LogP contribution is 2.47. The van der Waals surface area contributed by atoms with Gasteiger partial charge in [0.1, 0.15) is 22.3 Å². The van der Waals surface area contributed by atoms with Crippen molar-refractivity contribution in [2.75, 3.05) is 26.2 Å². The minimum atomic E-state index is -3.91. The molecule has 2 N–H and O–H groups in total. The van der Waals surface area contributed by atoms with Crippen LogP contribution in [0.3, 0.4) is 0 Å². The van der Waals surface area contributed by atoms with E-state index in [1.807, 2.05) is 58.0 Å². The summed E-state index contributed by atoms with van der Waals surface area (Å²) in [4.78, 5) is 78.1. The Kier molecular flexibility index (Phi) is 11.7. The number of sulfonamides is 1. The van der Waals surface area contributed by atoms with Gasteiger partial charge in [0.05, 0.1) is 18.3 Å². The van der Waals surface area contributed by atoms with Gasteiger partial charge in [0, 0.05) is 59.3 Å². The predicted molar refractivity (Wildman–Crippen MR) is 215 cm³/mol. The summed E-state index contributed by atoms with van der Waals surface area (Å²) in [5, 5.41) is 5.25. The summed E-state index contributed by atoms with van der Waals surface area (Å²) in [7, 11) is -3.91. The smallest absolute Gasteiger partial charge is 0.306 e. The second-order valence-electron chi connectivity index (χ2n) is 17.7. The number of hydrogen-bond acceptors (Lipinski definition) is 10. The Balaban J connectivity index is 1.16. The van der Waals surface area contributed by atoms with Crippen molar-refractivity contribution in [1.29, 1.82) is 0 Å². The second-order valence-corrected chi connectivity index (χ2v) is 20.9. The Hall–Kier alpha value is -3.82. The first kappa shape index (κ1) is 41.3. The summed E-state index contributed by atoms with van der Waals surface area (Å²) < 4.78 is 33.7. The van der Waals surface area contributed by atoms with Gasteiger partial charge in [0.25, 0.3) is 11.8 Å². The number of aromatic nitrogens is 1. The number of thiazole rings is 1. The van der Waals surface area contributed by atoms with E-state index >= 15 is 0 Å². The van der Waals surface area contributed by atoms with Crippen LogP contribution in [0.4, 0.5) is 0 Å². The van der Waals surface area contributed by atoms with Crippen molar-refractivity contribution >= 4 is 62.6 Å². The van der Waals surface area contributed by atoms with Crippen LogP contribution in [0.15, 0.2) is 35.7 Å². The van der Waals surface area contributed by atoms with Gasteiger partial charge < -0.3 is 19.9 Å². The van der Waals surface area contributed by atoms with E-state index in [1.54, 1.807) is 10.3 Å². The summed E-state index contributed by atoms with van der Waals surface area (Å²) in [5.74, 6) is -4.42. The standard InChI is InChI=1S/C41H52ClN5O8S2/c1-24-12-13-25(16-31(24)42)36-43-32(22-56-36)38(51)46-19-27-20-47-34(30(27)21-46)35(49)44-41(39(52)45-57(53,54)29-14-15-29)18-28(41)11-9-7-5-6-8-10-26(37(47)50)17-33(48)55-23-40(2,3)4/h9,11-13,16,22,26-30,34H,5-8,10,14-15,17-21,23H2,1-4H3,(H,44,49)(H,45,52)/b11-9-/t26-,27+,28-,30+,34+,41-/m1/s1. The van der Waals surface area contributed by atoms with Crippen molar-refractivity contribution in [3.63, 3.8) is 0 Å². The van der Waals surface area contributed by atoms with E-state index in [1.165, 1.54) is 16.2 Å². The van der Waals surface area contributed by atoms with Crippen LogP contribution in [0, 0.1) is 36.0 Å². The molecule has 2 saturated heterocycles. The molecule has 0 radical (unpaired) electrons. The maximum Gasteiger partial charge on any atom is 0.306 e. The average molecular weight is 842 g/mol. The van der Waals surface area contributed by atoms with Crippen LogP contribution in [-0.4, -0.2) is 95.9 Å². The monoisotopic (exact) mass is 841 g/mol. The third kappa shape index (κ3) is 9.10. The summed E-state index contributed by atoms with van der Waals surface area (Å²) in [6.07, 6.45) is 8.30. The van der Waals surface area contributed by atoms with Crippen molar-refractivity contribution in [3.8, 4) is 10.6 Å². The molecule has 57 heavy (non-hydrogen) atoms. The van der Waals surface area contributed by atoms with E-state index in [-0.39, 0.29) is 67.9 Å². The van der Waals surface area contributed by atoms with Gasteiger partial charge in [-0.3, -0.25) is 28.7 Å². The molecule has 16 heteroatoms. The number of ether oxygens (including phenoxy) is 1. The molecule has 13 nitrogen and oxygen atoms in total. The SMILES string of the molecule is Cc1ccc(-c2nc(C(=O)N3C[C@H]4CN5C(=O)[C@@H](CC(=O)OCC(C)(C)C)CCCCC/C=C\[C@@H]6C[C@@]6(C(=O)NS(=O)(=O)C6CC6)NC(=O)[C@@H]5[C@H]4C3)cs2)cc1Cl. The van der Waals surface area contributed by atoms with Crippen LogP contribution in [0.1, 0.15) is 94.6 Å². The Morgan fingerprint density at radius 3 is 2.58 bits per heavy atom. The molecule has 4 amide bonds. The summed E-state index contributed by atoms with van der Waals surface area (Å²) in [5.41, 5.74) is 0.214. The average Bonchev–Trinajstić information content (AvgIpc) is 3.97. The number of carbonyl (C=O) groups is 5. The maximum absolute atomic E-state index is 14.7.